The molecule has 0 spiro atoms. The Morgan fingerprint density at radius 2 is 1.76 bits per heavy atom. The van der Waals surface area contributed by atoms with Gasteiger partial charge in [-0.15, -0.1) is 0 Å². The zero-order valence-corrected chi connectivity index (χ0v) is 13.8. The lowest BCUT2D eigenvalue weighted by atomic mass is 10.2. The molecule has 0 fully saturated rings. The van der Waals surface area contributed by atoms with E-state index in [1.165, 1.54) is 0 Å². The number of benzene rings is 1. The molecular weight excluding hydrogens is 316 g/mol. The number of nitrogens with zero attached hydrogens (tertiary/aromatic N) is 2. The first-order valence-corrected chi connectivity index (χ1v) is 7.78. The molecule has 0 saturated heterocycles. The fourth-order valence-electron chi connectivity index (χ4n) is 2.26. The van der Waals surface area contributed by atoms with Gasteiger partial charge in [0.25, 0.3) is 5.91 Å². The minimum absolute atomic E-state index is 0.178. The largest absolute Gasteiger partial charge is 0.497 e. The van der Waals surface area contributed by atoms with Gasteiger partial charge in [0.2, 0.25) is 0 Å². The van der Waals surface area contributed by atoms with Crippen LogP contribution < -0.4 is 15.4 Å². The van der Waals surface area contributed by atoms with Crippen molar-refractivity contribution in [2.75, 3.05) is 12.4 Å². The number of pyridine rings is 2. The van der Waals surface area contributed by atoms with Gasteiger partial charge in [-0.05, 0) is 48.0 Å². The van der Waals surface area contributed by atoms with Crippen LogP contribution in [-0.2, 0) is 6.54 Å². The smallest absolute Gasteiger partial charge is 0.253 e. The van der Waals surface area contributed by atoms with Gasteiger partial charge >= 0.3 is 0 Å². The topological polar surface area (TPSA) is 76.1 Å². The van der Waals surface area contributed by atoms with Crippen LogP contribution in [0.15, 0.2) is 67.3 Å². The molecule has 6 nitrogen and oxygen atoms in total. The quantitative estimate of drug-likeness (QED) is 0.724. The average Bonchev–Trinajstić information content (AvgIpc) is 2.68. The van der Waals surface area contributed by atoms with Gasteiger partial charge in [0.1, 0.15) is 5.75 Å². The Morgan fingerprint density at radius 1 is 1.00 bits per heavy atom. The van der Waals surface area contributed by atoms with Crippen molar-refractivity contribution in [3.8, 4) is 5.75 Å². The van der Waals surface area contributed by atoms with Crippen LogP contribution in [-0.4, -0.2) is 23.0 Å². The summed E-state index contributed by atoms with van der Waals surface area (Å²) < 4.78 is 5.14. The molecule has 6 heteroatoms. The molecule has 0 unspecified atom stereocenters. The van der Waals surface area contributed by atoms with E-state index in [-0.39, 0.29) is 5.91 Å². The number of carbonyl (C=O) groups is 1. The van der Waals surface area contributed by atoms with E-state index in [9.17, 15) is 4.79 Å². The van der Waals surface area contributed by atoms with Crippen molar-refractivity contribution < 1.29 is 9.53 Å². The van der Waals surface area contributed by atoms with Gasteiger partial charge in [-0.25, -0.2) is 0 Å². The average molecular weight is 334 g/mol. The third-order valence-corrected chi connectivity index (χ3v) is 3.58. The SMILES string of the molecule is COc1ccc(Nc2cncc(C(=O)NCc3ccncc3)c2)cc1. The maximum absolute atomic E-state index is 12.3. The number of amides is 1. The summed E-state index contributed by atoms with van der Waals surface area (Å²) in [6, 6.07) is 13.0. The summed E-state index contributed by atoms with van der Waals surface area (Å²) in [7, 11) is 1.63. The van der Waals surface area contributed by atoms with Crippen molar-refractivity contribution in [2.24, 2.45) is 0 Å². The molecule has 2 N–H and O–H groups in total. The summed E-state index contributed by atoms with van der Waals surface area (Å²) in [6.07, 6.45) is 6.61. The molecule has 2 aromatic heterocycles. The van der Waals surface area contributed by atoms with Crippen LogP contribution >= 0.6 is 0 Å². The number of nitrogens with one attached hydrogen (secondary N) is 2. The van der Waals surface area contributed by atoms with Gasteiger partial charge < -0.3 is 15.4 Å². The highest BCUT2D eigenvalue weighted by Gasteiger charge is 2.07. The minimum Gasteiger partial charge on any atom is -0.497 e. The Hall–Kier alpha value is -3.41. The molecule has 25 heavy (non-hydrogen) atoms. The highest BCUT2D eigenvalue weighted by molar-refractivity contribution is 5.94. The summed E-state index contributed by atoms with van der Waals surface area (Å²) in [4.78, 5) is 20.4. The number of carbonyl (C=O) groups excluding carboxylic acids is 1. The van der Waals surface area contributed by atoms with E-state index in [0.29, 0.717) is 12.1 Å². The van der Waals surface area contributed by atoms with Gasteiger partial charge in [-0.3, -0.25) is 14.8 Å². The second-order valence-corrected chi connectivity index (χ2v) is 5.35. The van der Waals surface area contributed by atoms with Crippen LogP contribution in [0.3, 0.4) is 0 Å². The van der Waals surface area contributed by atoms with Gasteiger partial charge in [-0.1, -0.05) is 0 Å². The van der Waals surface area contributed by atoms with E-state index < -0.39 is 0 Å². The van der Waals surface area contributed by atoms with Crippen LogP contribution in [0.5, 0.6) is 5.75 Å². The summed E-state index contributed by atoms with van der Waals surface area (Å²) in [5.41, 5.74) is 3.11. The maximum Gasteiger partial charge on any atom is 0.253 e. The number of methoxy groups -OCH3 is 1. The number of aromatic nitrogens is 2. The van der Waals surface area contributed by atoms with Gasteiger partial charge in [-0.2, -0.15) is 0 Å². The normalized spacial score (nSPS) is 10.1. The summed E-state index contributed by atoms with van der Waals surface area (Å²) in [5, 5.41) is 6.09. The molecule has 0 atom stereocenters. The molecule has 3 aromatic rings. The molecule has 1 amide bonds. The molecule has 0 saturated carbocycles. The van der Waals surface area contributed by atoms with Crippen LogP contribution in [0.2, 0.25) is 0 Å². The van der Waals surface area contributed by atoms with Crippen molar-refractivity contribution >= 4 is 17.3 Å². The second kappa shape index (κ2) is 7.92. The number of anilines is 2. The van der Waals surface area contributed by atoms with E-state index in [2.05, 4.69) is 20.6 Å². The Bertz CT molecular complexity index is 836. The molecule has 3 rings (SSSR count). The standard InChI is InChI=1S/C19H18N4O2/c1-25-18-4-2-16(3-5-18)23-17-10-15(12-21-13-17)19(24)22-11-14-6-8-20-9-7-14/h2-10,12-13,23H,11H2,1H3,(H,22,24). The third-order valence-electron chi connectivity index (χ3n) is 3.58. The third kappa shape index (κ3) is 4.54. The zero-order valence-electron chi connectivity index (χ0n) is 13.8. The molecule has 0 radical (unpaired) electrons. The fourth-order valence-corrected chi connectivity index (χ4v) is 2.26. The van der Waals surface area contributed by atoms with Crippen molar-refractivity contribution in [1.29, 1.82) is 0 Å². The lowest BCUT2D eigenvalue weighted by molar-refractivity contribution is 0.0950. The Kier molecular flexibility index (Phi) is 5.21. The van der Waals surface area contributed by atoms with Crippen molar-refractivity contribution in [3.63, 3.8) is 0 Å². The molecule has 2 heterocycles. The molecule has 0 aliphatic heterocycles. The van der Waals surface area contributed by atoms with E-state index >= 15 is 0 Å². The van der Waals surface area contributed by atoms with Crippen LogP contribution in [0.1, 0.15) is 15.9 Å². The number of rotatable bonds is 6. The second-order valence-electron chi connectivity index (χ2n) is 5.35. The van der Waals surface area contributed by atoms with Crippen LogP contribution in [0, 0.1) is 0 Å². The lowest BCUT2D eigenvalue weighted by Crippen LogP contribution is -2.23. The summed E-state index contributed by atoms with van der Waals surface area (Å²) in [5.74, 6) is 0.607. The predicted molar refractivity (Wildman–Crippen MR) is 95.9 cm³/mol. The van der Waals surface area contributed by atoms with Crippen molar-refractivity contribution in [3.05, 3.63) is 78.4 Å². The van der Waals surface area contributed by atoms with E-state index in [0.717, 1.165) is 22.7 Å². The Balaban J connectivity index is 1.64. The molecule has 0 bridgehead atoms. The molecule has 0 aliphatic rings. The first-order chi connectivity index (χ1) is 12.2. The first kappa shape index (κ1) is 16.4. The van der Waals surface area contributed by atoms with E-state index in [1.807, 2.05) is 36.4 Å². The summed E-state index contributed by atoms with van der Waals surface area (Å²) in [6.45, 7) is 0.442. The molecule has 0 aliphatic carbocycles. The molecule has 1 aromatic carbocycles. The highest BCUT2D eigenvalue weighted by Crippen LogP contribution is 2.20. The number of ether oxygens (including phenoxy) is 1. The first-order valence-electron chi connectivity index (χ1n) is 7.78. The zero-order chi connectivity index (χ0) is 17.5. The van der Waals surface area contributed by atoms with Gasteiger partial charge in [0.05, 0.1) is 24.6 Å². The van der Waals surface area contributed by atoms with Gasteiger partial charge in [0, 0.05) is 30.8 Å². The van der Waals surface area contributed by atoms with Crippen molar-refractivity contribution in [2.45, 2.75) is 6.54 Å². The van der Waals surface area contributed by atoms with E-state index in [1.54, 1.807) is 38.0 Å². The number of hydrogen-bond acceptors (Lipinski definition) is 5. The predicted octanol–water partition coefficient (Wildman–Crippen LogP) is 3.16. The molecular formula is C19H18N4O2. The van der Waals surface area contributed by atoms with Gasteiger partial charge in [0.15, 0.2) is 0 Å². The maximum atomic E-state index is 12.3. The highest BCUT2D eigenvalue weighted by atomic mass is 16.5. The van der Waals surface area contributed by atoms with E-state index in [4.69, 9.17) is 4.74 Å². The van der Waals surface area contributed by atoms with Crippen LogP contribution in [0.4, 0.5) is 11.4 Å². The molecule has 126 valence electrons. The van der Waals surface area contributed by atoms with Crippen LogP contribution in [0.25, 0.3) is 0 Å². The Labute approximate surface area is 145 Å². The monoisotopic (exact) mass is 334 g/mol. The summed E-state index contributed by atoms with van der Waals surface area (Å²) >= 11 is 0. The van der Waals surface area contributed by atoms with Crippen molar-refractivity contribution in [1.82, 2.24) is 15.3 Å². The fraction of sp³-hybridized carbons (Fsp3) is 0.105. The number of hydrogen-bond donors (Lipinski definition) is 2. The minimum atomic E-state index is -0.178. The Morgan fingerprint density at radius 3 is 2.48 bits per heavy atom. The lowest BCUT2D eigenvalue weighted by Gasteiger charge is -2.09.